The van der Waals surface area contributed by atoms with Crippen molar-refractivity contribution in [1.29, 1.82) is 0 Å². The van der Waals surface area contributed by atoms with Gasteiger partial charge in [-0.3, -0.25) is 0 Å². The molecular weight excluding hydrogens is 136 g/mol. The highest BCUT2D eigenvalue weighted by Crippen LogP contribution is 2.26. The first-order valence-electron chi connectivity index (χ1n) is 3.95. The molecule has 0 spiro atoms. The van der Waals surface area contributed by atoms with E-state index in [0.717, 1.165) is 6.42 Å². The van der Waals surface area contributed by atoms with Crippen LogP contribution in [0.2, 0.25) is 0 Å². The van der Waals surface area contributed by atoms with Gasteiger partial charge in [0.05, 0.1) is 6.61 Å². The molecule has 0 aliphatic heterocycles. The molecule has 2 unspecified atom stereocenters. The molecule has 1 aliphatic rings. The second kappa shape index (κ2) is 4.14. The highest BCUT2D eigenvalue weighted by molar-refractivity contribution is 5.13. The lowest BCUT2D eigenvalue weighted by molar-refractivity contribution is 0.341. The summed E-state index contributed by atoms with van der Waals surface area (Å²) in [5, 5.41) is 8.55. The van der Waals surface area contributed by atoms with Crippen LogP contribution in [-0.4, -0.2) is 11.7 Å². The topological polar surface area (TPSA) is 20.2 Å². The van der Waals surface area contributed by atoms with Gasteiger partial charge in [0, 0.05) is 5.92 Å². The second-order valence-corrected chi connectivity index (χ2v) is 2.75. The Bertz CT molecular complexity index is 179. The van der Waals surface area contributed by atoms with Crippen LogP contribution >= 0.6 is 0 Å². The Morgan fingerprint density at radius 3 is 3.09 bits per heavy atom. The van der Waals surface area contributed by atoms with Gasteiger partial charge in [-0.15, -0.1) is 6.58 Å². The average molecular weight is 150 g/mol. The van der Waals surface area contributed by atoms with Gasteiger partial charge >= 0.3 is 0 Å². The van der Waals surface area contributed by atoms with Gasteiger partial charge in [0.2, 0.25) is 0 Å². The predicted molar refractivity (Wildman–Crippen MR) is 47.2 cm³/mol. The Hall–Kier alpha value is -0.820. The van der Waals surface area contributed by atoms with E-state index in [1.54, 1.807) is 6.08 Å². The molecule has 0 radical (unpaired) electrons. The van der Waals surface area contributed by atoms with Gasteiger partial charge in [0.25, 0.3) is 0 Å². The molecule has 1 rings (SSSR count). The van der Waals surface area contributed by atoms with E-state index in [1.807, 2.05) is 12.2 Å². The van der Waals surface area contributed by atoms with Crippen molar-refractivity contribution >= 4 is 0 Å². The van der Waals surface area contributed by atoms with Crippen molar-refractivity contribution in [3.8, 4) is 0 Å². The molecule has 0 aromatic carbocycles. The van der Waals surface area contributed by atoms with Crippen LogP contribution in [-0.2, 0) is 0 Å². The molecule has 0 aromatic rings. The predicted octanol–water partition coefficient (Wildman–Crippen LogP) is 1.91. The number of rotatable bonds is 3. The van der Waals surface area contributed by atoms with Crippen LogP contribution in [0.15, 0.2) is 37.0 Å². The van der Waals surface area contributed by atoms with Crippen LogP contribution in [0, 0.1) is 11.8 Å². The van der Waals surface area contributed by atoms with E-state index in [0.29, 0.717) is 11.8 Å². The standard InChI is InChI=1S/C10H14O/c1-2-9-5-3-6-10(9)7-4-8-11/h2-4,6-7,9-11H,1,5,8H2/b7-4+. The number of hydrogen-bond donors (Lipinski definition) is 1. The van der Waals surface area contributed by atoms with E-state index in [2.05, 4.69) is 18.7 Å². The first-order valence-corrected chi connectivity index (χ1v) is 3.95. The van der Waals surface area contributed by atoms with Crippen molar-refractivity contribution in [3.05, 3.63) is 37.0 Å². The summed E-state index contributed by atoms with van der Waals surface area (Å²) in [4.78, 5) is 0. The molecule has 0 amide bonds. The van der Waals surface area contributed by atoms with E-state index < -0.39 is 0 Å². The quantitative estimate of drug-likeness (QED) is 0.609. The Kier molecular flexibility index (Phi) is 3.12. The molecular formula is C10H14O. The molecule has 1 nitrogen and oxygen atoms in total. The highest BCUT2D eigenvalue weighted by atomic mass is 16.2. The van der Waals surface area contributed by atoms with Crippen LogP contribution in [0.1, 0.15) is 6.42 Å². The number of allylic oxidation sites excluding steroid dienone is 4. The lowest BCUT2D eigenvalue weighted by atomic mass is 9.95. The molecule has 0 bridgehead atoms. The second-order valence-electron chi connectivity index (χ2n) is 2.75. The van der Waals surface area contributed by atoms with Crippen LogP contribution in [0.4, 0.5) is 0 Å². The monoisotopic (exact) mass is 150 g/mol. The van der Waals surface area contributed by atoms with E-state index in [4.69, 9.17) is 5.11 Å². The minimum atomic E-state index is 0.133. The summed E-state index contributed by atoms with van der Waals surface area (Å²) in [7, 11) is 0. The summed E-state index contributed by atoms with van der Waals surface area (Å²) in [6.07, 6.45) is 11.2. The fraction of sp³-hybridized carbons (Fsp3) is 0.400. The fourth-order valence-electron chi connectivity index (χ4n) is 1.37. The van der Waals surface area contributed by atoms with Crippen molar-refractivity contribution in [2.75, 3.05) is 6.61 Å². The first-order chi connectivity index (χ1) is 5.38. The fourth-order valence-corrected chi connectivity index (χ4v) is 1.37. The third-order valence-electron chi connectivity index (χ3n) is 2.03. The van der Waals surface area contributed by atoms with Crippen LogP contribution < -0.4 is 0 Å². The van der Waals surface area contributed by atoms with E-state index in [-0.39, 0.29) is 6.61 Å². The van der Waals surface area contributed by atoms with Crippen molar-refractivity contribution < 1.29 is 5.11 Å². The molecule has 0 saturated carbocycles. The third-order valence-corrected chi connectivity index (χ3v) is 2.03. The molecule has 1 N–H and O–H groups in total. The van der Waals surface area contributed by atoms with Crippen molar-refractivity contribution in [1.82, 2.24) is 0 Å². The van der Waals surface area contributed by atoms with Crippen molar-refractivity contribution in [2.24, 2.45) is 11.8 Å². The van der Waals surface area contributed by atoms with Gasteiger partial charge in [-0.05, 0) is 12.3 Å². The van der Waals surface area contributed by atoms with Crippen molar-refractivity contribution in [2.45, 2.75) is 6.42 Å². The molecule has 2 atom stereocenters. The summed E-state index contributed by atoms with van der Waals surface area (Å²) in [6.45, 7) is 3.90. The summed E-state index contributed by atoms with van der Waals surface area (Å²) in [5.41, 5.74) is 0. The zero-order valence-electron chi connectivity index (χ0n) is 6.61. The molecule has 0 heterocycles. The Morgan fingerprint density at radius 1 is 1.64 bits per heavy atom. The molecule has 0 aromatic heterocycles. The van der Waals surface area contributed by atoms with Gasteiger partial charge in [0.1, 0.15) is 0 Å². The zero-order chi connectivity index (χ0) is 8.10. The molecule has 0 fully saturated rings. The van der Waals surface area contributed by atoms with Gasteiger partial charge < -0.3 is 5.11 Å². The molecule has 60 valence electrons. The Morgan fingerprint density at radius 2 is 2.45 bits per heavy atom. The number of hydrogen-bond acceptors (Lipinski definition) is 1. The molecule has 0 saturated heterocycles. The van der Waals surface area contributed by atoms with E-state index in [1.165, 1.54) is 0 Å². The van der Waals surface area contributed by atoms with Crippen LogP contribution in [0.25, 0.3) is 0 Å². The third kappa shape index (κ3) is 2.05. The van der Waals surface area contributed by atoms with Crippen molar-refractivity contribution in [3.63, 3.8) is 0 Å². The van der Waals surface area contributed by atoms with Crippen LogP contribution in [0.3, 0.4) is 0 Å². The van der Waals surface area contributed by atoms with Gasteiger partial charge in [0.15, 0.2) is 0 Å². The summed E-state index contributed by atoms with van der Waals surface area (Å²) in [6, 6.07) is 0. The number of aliphatic hydroxyl groups is 1. The van der Waals surface area contributed by atoms with Gasteiger partial charge in [-0.25, -0.2) is 0 Å². The van der Waals surface area contributed by atoms with E-state index >= 15 is 0 Å². The summed E-state index contributed by atoms with van der Waals surface area (Å²) >= 11 is 0. The SMILES string of the molecule is C=CC1CC=CC1/C=C/CO. The first kappa shape index (κ1) is 8.28. The largest absolute Gasteiger partial charge is 0.392 e. The van der Waals surface area contributed by atoms with Crippen LogP contribution in [0.5, 0.6) is 0 Å². The van der Waals surface area contributed by atoms with Gasteiger partial charge in [-0.1, -0.05) is 30.4 Å². The Labute approximate surface area is 67.7 Å². The smallest absolute Gasteiger partial charge is 0.0612 e. The normalized spacial score (nSPS) is 29.9. The van der Waals surface area contributed by atoms with Gasteiger partial charge in [-0.2, -0.15) is 0 Å². The van der Waals surface area contributed by atoms with E-state index in [9.17, 15) is 0 Å². The molecule has 11 heavy (non-hydrogen) atoms. The highest BCUT2D eigenvalue weighted by Gasteiger charge is 2.16. The molecule has 1 heteroatoms. The Balaban J connectivity index is 2.49. The minimum absolute atomic E-state index is 0.133. The molecule has 1 aliphatic carbocycles. The minimum Gasteiger partial charge on any atom is -0.392 e. The number of aliphatic hydroxyl groups excluding tert-OH is 1. The average Bonchev–Trinajstić information content (AvgIpc) is 2.47. The zero-order valence-corrected chi connectivity index (χ0v) is 6.61. The maximum Gasteiger partial charge on any atom is 0.0612 e. The maximum absolute atomic E-state index is 8.55. The lowest BCUT2D eigenvalue weighted by Crippen LogP contribution is -2.01. The lowest BCUT2D eigenvalue weighted by Gasteiger charge is -2.09. The summed E-state index contributed by atoms with van der Waals surface area (Å²) in [5.74, 6) is 0.998. The maximum atomic E-state index is 8.55. The summed E-state index contributed by atoms with van der Waals surface area (Å²) < 4.78 is 0.